The fraction of sp³-hybridized carbons (Fsp3) is 0.400. The average Bonchev–Trinajstić information content (AvgIpc) is 3.11. The summed E-state index contributed by atoms with van der Waals surface area (Å²) in [5.74, 6) is -2.11. The van der Waals surface area contributed by atoms with Crippen molar-refractivity contribution in [3.8, 4) is 33.9 Å². The Hall–Kier alpha value is -5.96. The first-order valence-electron chi connectivity index (χ1n) is 17.5. The quantitative estimate of drug-likeness (QED) is 0.0717. The predicted molar refractivity (Wildman–Crippen MR) is 193 cm³/mol. The first kappa shape index (κ1) is 40.2. The van der Waals surface area contributed by atoms with E-state index in [-0.39, 0.29) is 17.1 Å². The molecule has 5 atom stereocenters. The molecule has 0 amide bonds. The minimum atomic E-state index is -1.47. The summed E-state index contributed by atoms with van der Waals surface area (Å²) in [6.45, 7) is 6.50. The molecule has 5 rings (SSSR count). The number of aryl methyl sites for hydroxylation is 1. The van der Waals surface area contributed by atoms with Gasteiger partial charge in [0, 0.05) is 62.8 Å². The zero-order chi connectivity index (χ0) is 39.8. The van der Waals surface area contributed by atoms with E-state index in [1.807, 2.05) is 25.1 Å². The van der Waals surface area contributed by atoms with Crippen LogP contribution in [0, 0.1) is 6.92 Å². The van der Waals surface area contributed by atoms with Gasteiger partial charge in [0.15, 0.2) is 17.6 Å². The summed E-state index contributed by atoms with van der Waals surface area (Å²) < 4.78 is 50.9. The maximum atomic E-state index is 12.5. The van der Waals surface area contributed by atoms with Gasteiger partial charge in [-0.2, -0.15) is 0 Å². The van der Waals surface area contributed by atoms with Crippen LogP contribution in [0.5, 0.6) is 11.5 Å². The minimum absolute atomic E-state index is 0.161. The third-order valence-electron chi connectivity index (χ3n) is 8.60. The highest BCUT2D eigenvalue weighted by molar-refractivity contribution is 6.02. The normalized spacial score (nSPS) is 19.3. The van der Waals surface area contributed by atoms with E-state index in [4.69, 9.17) is 37.6 Å². The smallest absolute Gasteiger partial charge is 0.305 e. The SMILES string of the molecule is COC(=O)CCCCOc1ccc(-c2c3ccc(=O)cc-3oc3cc(O[C@@H]4OC(COC(C)=O)[C@H](OC(C)=O)[C@H](OC(C)=O)C4OC(C)=O)ccc23)c(C)c1. The molecule has 0 bridgehead atoms. The average molecular weight is 763 g/mol. The second kappa shape index (κ2) is 17.9. The molecule has 1 saturated heterocycles. The van der Waals surface area contributed by atoms with Crippen LogP contribution in [0.15, 0.2) is 63.8 Å². The predicted octanol–water partition coefficient (Wildman–Crippen LogP) is 5.06. The van der Waals surface area contributed by atoms with Crippen LogP contribution in [0.3, 0.4) is 0 Å². The highest BCUT2D eigenvalue weighted by atomic mass is 16.7. The van der Waals surface area contributed by atoms with Crippen molar-refractivity contribution in [2.45, 2.75) is 84.6 Å². The van der Waals surface area contributed by atoms with Crippen molar-refractivity contribution in [2.24, 2.45) is 0 Å². The van der Waals surface area contributed by atoms with Gasteiger partial charge in [-0.1, -0.05) is 6.07 Å². The monoisotopic (exact) mass is 762 g/mol. The number of esters is 5. The van der Waals surface area contributed by atoms with Crippen LogP contribution >= 0.6 is 0 Å². The van der Waals surface area contributed by atoms with Crippen LogP contribution in [0.4, 0.5) is 0 Å². The topological polar surface area (TPSA) is 189 Å². The van der Waals surface area contributed by atoms with E-state index in [1.54, 1.807) is 24.3 Å². The van der Waals surface area contributed by atoms with Gasteiger partial charge >= 0.3 is 29.8 Å². The van der Waals surface area contributed by atoms with Crippen LogP contribution in [0.25, 0.3) is 33.4 Å². The van der Waals surface area contributed by atoms with Gasteiger partial charge in [0.1, 0.15) is 35.6 Å². The number of rotatable bonds is 14. The molecule has 15 heteroatoms. The van der Waals surface area contributed by atoms with Crippen molar-refractivity contribution >= 4 is 40.8 Å². The molecule has 1 fully saturated rings. The Kier molecular flexibility index (Phi) is 13.1. The van der Waals surface area contributed by atoms with Crippen molar-refractivity contribution < 1.29 is 66.3 Å². The van der Waals surface area contributed by atoms with Gasteiger partial charge in [0.05, 0.1) is 13.7 Å². The number of hydrogen-bond donors (Lipinski definition) is 0. The molecular weight excluding hydrogens is 720 g/mol. The van der Waals surface area contributed by atoms with Crippen molar-refractivity contribution in [1.29, 1.82) is 0 Å². The molecule has 0 aromatic heterocycles. The summed E-state index contributed by atoms with van der Waals surface area (Å²) in [6.07, 6.45) is -5.27. The molecule has 2 unspecified atom stereocenters. The molecule has 0 saturated carbocycles. The second-order valence-corrected chi connectivity index (χ2v) is 12.8. The van der Waals surface area contributed by atoms with Crippen LogP contribution in [-0.2, 0) is 52.4 Å². The Bertz CT molecular complexity index is 2080. The summed E-state index contributed by atoms with van der Waals surface area (Å²) in [5.41, 5.74) is 3.23. The minimum Gasteiger partial charge on any atom is -0.494 e. The van der Waals surface area contributed by atoms with Gasteiger partial charge in [0.2, 0.25) is 12.4 Å². The van der Waals surface area contributed by atoms with Gasteiger partial charge in [-0.25, -0.2) is 0 Å². The molecule has 292 valence electrons. The van der Waals surface area contributed by atoms with Gasteiger partial charge in [-0.05, 0) is 67.3 Å². The third-order valence-corrected chi connectivity index (χ3v) is 8.60. The second-order valence-electron chi connectivity index (χ2n) is 12.8. The Balaban J connectivity index is 1.51. The van der Waals surface area contributed by atoms with Gasteiger partial charge < -0.3 is 42.3 Å². The zero-order valence-electron chi connectivity index (χ0n) is 31.2. The third kappa shape index (κ3) is 10.2. The first-order valence-corrected chi connectivity index (χ1v) is 17.5. The number of benzene rings is 3. The first-order chi connectivity index (χ1) is 26.2. The van der Waals surface area contributed by atoms with Crippen LogP contribution in [0.2, 0.25) is 0 Å². The molecule has 15 nitrogen and oxygen atoms in total. The van der Waals surface area contributed by atoms with E-state index in [0.29, 0.717) is 53.9 Å². The number of ether oxygens (including phenoxy) is 8. The highest BCUT2D eigenvalue weighted by Crippen LogP contribution is 2.43. The zero-order valence-corrected chi connectivity index (χ0v) is 31.2. The lowest BCUT2D eigenvalue weighted by Gasteiger charge is -2.43. The molecule has 2 heterocycles. The van der Waals surface area contributed by atoms with Gasteiger partial charge in [-0.3, -0.25) is 28.8 Å². The van der Waals surface area contributed by atoms with E-state index in [2.05, 4.69) is 4.74 Å². The van der Waals surface area contributed by atoms with E-state index in [1.165, 1.54) is 26.2 Å². The molecule has 2 aromatic rings. The summed E-state index contributed by atoms with van der Waals surface area (Å²) in [5, 5.41) is 0.666. The lowest BCUT2D eigenvalue weighted by molar-refractivity contribution is -0.288. The fourth-order valence-electron chi connectivity index (χ4n) is 6.30. The number of fused-ring (bicyclic) bond motifs is 2. The molecule has 0 radical (unpaired) electrons. The lowest BCUT2D eigenvalue weighted by Crippen LogP contribution is -2.63. The summed E-state index contributed by atoms with van der Waals surface area (Å²) in [6, 6.07) is 15.1. The van der Waals surface area contributed by atoms with Crippen molar-refractivity contribution in [1.82, 2.24) is 0 Å². The van der Waals surface area contributed by atoms with Crippen LogP contribution < -0.4 is 14.9 Å². The lowest BCUT2D eigenvalue weighted by atomic mass is 9.91. The molecule has 55 heavy (non-hydrogen) atoms. The Morgan fingerprint density at radius 1 is 0.727 bits per heavy atom. The summed E-state index contributed by atoms with van der Waals surface area (Å²) >= 11 is 0. The molecule has 2 aromatic carbocycles. The van der Waals surface area contributed by atoms with Gasteiger partial charge in [-0.15, -0.1) is 0 Å². The highest BCUT2D eigenvalue weighted by Gasteiger charge is 2.53. The number of carbonyl (C=O) groups is 5. The molecule has 0 spiro atoms. The van der Waals surface area contributed by atoms with E-state index in [9.17, 15) is 28.8 Å². The number of carbonyl (C=O) groups excluding carboxylic acids is 5. The van der Waals surface area contributed by atoms with Crippen molar-refractivity contribution in [2.75, 3.05) is 20.3 Å². The van der Waals surface area contributed by atoms with Crippen molar-refractivity contribution in [3.05, 3.63) is 70.4 Å². The number of hydrogen-bond acceptors (Lipinski definition) is 15. The summed E-state index contributed by atoms with van der Waals surface area (Å²) in [7, 11) is 1.36. The molecule has 0 N–H and O–H groups in total. The Morgan fingerprint density at radius 3 is 2.07 bits per heavy atom. The largest absolute Gasteiger partial charge is 0.494 e. The van der Waals surface area contributed by atoms with Crippen molar-refractivity contribution in [3.63, 3.8) is 0 Å². The molecule has 1 aliphatic carbocycles. The molecular formula is C40H42O15. The standard InChI is InChI=1S/C40H42O15/c1-21-17-27(48-16-8-7-9-35(46)47-6)11-14-29(21)36-30-13-10-26(45)18-32(30)54-33-19-28(12-15-31(33)36)53-40-39(52-25(5)44)38(51-24(4)43)37(50-23(3)42)34(55-40)20-49-22(2)41/h10-15,17-19,34,37-40H,7-9,16,20H2,1-6H3/t34?,37-,38-,39?,40+/m0/s1. The maximum Gasteiger partial charge on any atom is 0.305 e. The van der Waals surface area contributed by atoms with Gasteiger partial charge in [0.25, 0.3) is 0 Å². The molecule has 3 aliphatic rings. The van der Waals surface area contributed by atoms with E-state index in [0.717, 1.165) is 37.5 Å². The van der Waals surface area contributed by atoms with E-state index < -0.39 is 61.2 Å². The molecule has 2 aliphatic heterocycles. The Labute approximate surface area is 316 Å². The number of unbranched alkanes of at least 4 members (excludes halogenated alkanes) is 1. The van der Waals surface area contributed by atoms with Crippen LogP contribution in [-0.4, -0.2) is 80.9 Å². The maximum absolute atomic E-state index is 12.5. The Morgan fingerprint density at radius 2 is 1.40 bits per heavy atom. The number of methoxy groups -OCH3 is 1. The van der Waals surface area contributed by atoms with E-state index >= 15 is 0 Å². The van der Waals surface area contributed by atoms with Crippen LogP contribution in [0.1, 0.15) is 52.5 Å². The fourth-order valence-corrected chi connectivity index (χ4v) is 6.30. The summed E-state index contributed by atoms with van der Waals surface area (Å²) in [4.78, 5) is 72.3.